The van der Waals surface area contributed by atoms with E-state index in [1.807, 2.05) is 42.5 Å². The van der Waals surface area contributed by atoms with Crippen molar-refractivity contribution in [2.75, 3.05) is 4.31 Å². The highest BCUT2D eigenvalue weighted by Gasteiger charge is 2.17. The van der Waals surface area contributed by atoms with Gasteiger partial charge in [0.15, 0.2) is 0 Å². The summed E-state index contributed by atoms with van der Waals surface area (Å²) in [7, 11) is -4.10. The number of nitrogens with zero attached hydrogens (tertiary/aromatic N) is 1. The predicted molar refractivity (Wildman–Crippen MR) is 120 cm³/mol. The second kappa shape index (κ2) is 8.48. The van der Waals surface area contributed by atoms with Crippen molar-refractivity contribution in [1.82, 2.24) is 0 Å². The number of para-hydroxylation sites is 2. The van der Waals surface area contributed by atoms with Gasteiger partial charge in [-0.3, -0.25) is 8.51 Å². The van der Waals surface area contributed by atoms with Gasteiger partial charge in [-0.25, -0.2) is 13.6 Å². The molecular formula is C22H17N2O5S2-. The molecule has 1 aromatic heterocycles. The van der Waals surface area contributed by atoms with Crippen molar-refractivity contribution >= 4 is 44.0 Å². The van der Waals surface area contributed by atoms with Gasteiger partial charge in [0.05, 0.1) is 17.0 Å². The lowest BCUT2D eigenvalue weighted by atomic mass is 10.1. The topological polar surface area (TPSA) is 117 Å². The molecule has 0 radical (unpaired) electrons. The van der Waals surface area contributed by atoms with E-state index in [4.69, 9.17) is 9.56 Å². The van der Waals surface area contributed by atoms with Crippen molar-refractivity contribution in [3.05, 3.63) is 90.6 Å². The van der Waals surface area contributed by atoms with E-state index in [9.17, 15) is 17.2 Å². The minimum absolute atomic E-state index is 0.0616. The number of primary sulfonamides is 1. The van der Waals surface area contributed by atoms with Crippen LogP contribution in [0, 0.1) is 0 Å². The molecule has 4 aromatic rings. The molecule has 0 bridgehead atoms. The van der Waals surface area contributed by atoms with Crippen LogP contribution in [0.2, 0.25) is 0 Å². The first-order valence-corrected chi connectivity index (χ1v) is 11.7. The third-order valence-corrected chi connectivity index (χ3v) is 6.19. The highest BCUT2D eigenvalue weighted by molar-refractivity contribution is 7.89. The van der Waals surface area contributed by atoms with Gasteiger partial charge in [0.25, 0.3) is 0 Å². The predicted octanol–water partition coefficient (Wildman–Crippen LogP) is 4.02. The molecule has 0 saturated carbocycles. The van der Waals surface area contributed by atoms with Crippen molar-refractivity contribution in [3.8, 4) is 11.3 Å². The van der Waals surface area contributed by atoms with Crippen molar-refractivity contribution in [3.63, 3.8) is 0 Å². The van der Waals surface area contributed by atoms with E-state index in [0.29, 0.717) is 5.56 Å². The molecule has 0 saturated heterocycles. The summed E-state index contributed by atoms with van der Waals surface area (Å²) in [5.74, 6) is 0.723. The Labute approximate surface area is 181 Å². The normalized spacial score (nSPS) is 13.0. The van der Waals surface area contributed by atoms with E-state index in [1.165, 1.54) is 30.5 Å². The number of furan rings is 1. The van der Waals surface area contributed by atoms with Crippen LogP contribution in [-0.2, 0) is 21.3 Å². The van der Waals surface area contributed by atoms with Gasteiger partial charge in [0, 0.05) is 17.1 Å². The van der Waals surface area contributed by atoms with Crippen molar-refractivity contribution in [1.29, 1.82) is 0 Å². The Morgan fingerprint density at radius 3 is 2.32 bits per heavy atom. The summed E-state index contributed by atoms with van der Waals surface area (Å²) in [6.07, 6.45) is 2.82. The summed E-state index contributed by atoms with van der Waals surface area (Å²) in [6.45, 7) is 0. The number of nitrogens with two attached hydrogens (primary N) is 1. The number of rotatable bonds is 6. The summed E-state index contributed by atoms with van der Waals surface area (Å²) in [5.41, 5.74) is 2.32. The first kappa shape index (κ1) is 21.0. The van der Waals surface area contributed by atoms with Crippen LogP contribution in [0.5, 0.6) is 0 Å². The van der Waals surface area contributed by atoms with E-state index < -0.39 is 21.3 Å². The standard InChI is InChI=1S/C22H18N2O5S2/c23-31(27,28)22-8-4-2-6-19(22)24(30(25)26)14-13-16-9-11-17(12-10-16)21-15-18-5-1-3-7-20(18)29-21/h1-15H,(H,25,26)(H2,23,27,28)/p-1. The maximum atomic E-state index is 11.8. The Bertz CT molecular complexity index is 1360. The van der Waals surface area contributed by atoms with Gasteiger partial charge in [0.2, 0.25) is 10.0 Å². The van der Waals surface area contributed by atoms with E-state index in [0.717, 1.165) is 26.6 Å². The minimum Gasteiger partial charge on any atom is -0.755 e. The summed E-state index contributed by atoms with van der Waals surface area (Å²) >= 11 is -2.75. The maximum absolute atomic E-state index is 11.8. The fraction of sp³-hybridized carbons (Fsp3) is 0. The molecule has 0 fully saturated rings. The monoisotopic (exact) mass is 453 g/mol. The molecule has 31 heavy (non-hydrogen) atoms. The summed E-state index contributed by atoms with van der Waals surface area (Å²) in [5, 5.41) is 6.22. The highest BCUT2D eigenvalue weighted by atomic mass is 32.2. The fourth-order valence-electron chi connectivity index (χ4n) is 3.13. The van der Waals surface area contributed by atoms with Crippen LogP contribution < -0.4 is 9.44 Å². The molecular weight excluding hydrogens is 436 g/mol. The number of benzene rings is 3. The van der Waals surface area contributed by atoms with Gasteiger partial charge in [-0.1, -0.05) is 54.6 Å². The van der Waals surface area contributed by atoms with Gasteiger partial charge >= 0.3 is 0 Å². The summed E-state index contributed by atoms with van der Waals surface area (Å²) < 4.78 is 53.8. The number of anilines is 1. The molecule has 0 aliphatic heterocycles. The van der Waals surface area contributed by atoms with Crippen molar-refractivity contribution in [2.24, 2.45) is 5.14 Å². The summed E-state index contributed by atoms with van der Waals surface area (Å²) in [6, 6.07) is 22.6. The van der Waals surface area contributed by atoms with E-state index in [2.05, 4.69) is 0 Å². The van der Waals surface area contributed by atoms with Gasteiger partial charge in [-0.15, -0.1) is 0 Å². The lowest BCUT2D eigenvalue weighted by molar-refractivity contribution is 0.536. The number of fused-ring (bicyclic) bond motifs is 1. The molecule has 9 heteroatoms. The SMILES string of the molecule is NS(=O)(=O)c1ccccc1N(C=Cc1ccc(-c2cc3ccccc3o2)cc1)S(=O)[O-]. The molecule has 2 N–H and O–H groups in total. The molecule has 3 aromatic carbocycles. The third-order valence-electron chi connectivity index (χ3n) is 4.59. The van der Waals surface area contributed by atoms with E-state index in [1.54, 1.807) is 18.2 Å². The van der Waals surface area contributed by atoms with Crippen LogP contribution in [0.3, 0.4) is 0 Å². The average molecular weight is 454 g/mol. The fourth-order valence-corrected chi connectivity index (χ4v) is 4.39. The molecule has 158 valence electrons. The largest absolute Gasteiger partial charge is 0.755 e. The summed E-state index contributed by atoms with van der Waals surface area (Å²) in [4.78, 5) is -0.288. The lowest BCUT2D eigenvalue weighted by Gasteiger charge is -2.24. The Balaban J connectivity index is 1.62. The molecule has 1 atom stereocenters. The second-order valence-electron chi connectivity index (χ2n) is 6.64. The average Bonchev–Trinajstić information content (AvgIpc) is 3.18. The van der Waals surface area contributed by atoms with E-state index in [-0.39, 0.29) is 10.6 Å². The first-order valence-electron chi connectivity index (χ1n) is 9.10. The van der Waals surface area contributed by atoms with Crippen LogP contribution in [-0.4, -0.2) is 17.2 Å². The molecule has 7 nitrogen and oxygen atoms in total. The Hall–Kier alpha value is -3.24. The molecule has 0 spiro atoms. The highest BCUT2D eigenvalue weighted by Crippen LogP contribution is 2.29. The Morgan fingerprint density at radius 1 is 0.968 bits per heavy atom. The zero-order valence-corrected chi connectivity index (χ0v) is 17.7. The smallest absolute Gasteiger partial charge is 0.240 e. The van der Waals surface area contributed by atoms with Crippen LogP contribution in [0.1, 0.15) is 5.56 Å². The Morgan fingerprint density at radius 2 is 1.65 bits per heavy atom. The molecule has 4 rings (SSSR count). The maximum Gasteiger partial charge on any atom is 0.240 e. The molecule has 0 aliphatic carbocycles. The Kier molecular flexibility index (Phi) is 5.75. The third kappa shape index (κ3) is 4.59. The number of sulfonamides is 1. The van der Waals surface area contributed by atoms with Crippen LogP contribution in [0.4, 0.5) is 5.69 Å². The van der Waals surface area contributed by atoms with Gasteiger partial charge in [-0.2, -0.15) is 0 Å². The minimum atomic E-state index is -4.10. The molecule has 0 amide bonds. The zero-order chi connectivity index (χ0) is 22.0. The lowest BCUT2D eigenvalue weighted by Crippen LogP contribution is -2.23. The van der Waals surface area contributed by atoms with Crippen LogP contribution >= 0.6 is 0 Å². The van der Waals surface area contributed by atoms with Crippen LogP contribution in [0.25, 0.3) is 28.4 Å². The van der Waals surface area contributed by atoms with E-state index >= 15 is 0 Å². The van der Waals surface area contributed by atoms with Gasteiger partial charge in [0.1, 0.15) is 16.2 Å². The van der Waals surface area contributed by atoms with Crippen LogP contribution in [0.15, 0.2) is 94.4 Å². The quantitative estimate of drug-likeness (QED) is 0.443. The molecule has 0 aliphatic rings. The van der Waals surface area contributed by atoms with Gasteiger partial charge in [-0.05, 0) is 35.9 Å². The van der Waals surface area contributed by atoms with Crippen molar-refractivity contribution in [2.45, 2.75) is 4.90 Å². The number of hydrogen-bond donors (Lipinski definition) is 1. The molecule has 1 unspecified atom stereocenters. The molecule has 1 heterocycles. The van der Waals surface area contributed by atoms with Gasteiger partial charge < -0.3 is 8.97 Å². The first-order chi connectivity index (χ1) is 14.8. The zero-order valence-electron chi connectivity index (χ0n) is 16.0. The number of hydrogen-bond acceptors (Lipinski definition) is 5. The van der Waals surface area contributed by atoms with Crippen molar-refractivity contribution < 1.29 is 21.6 Å². The second-order valence-corrected chi connectivity index (χ2v) is 9.00.